The maximum Gasteiger partial charge on any atom is 0.243 e. The smallest absolute Gasteiger partial charge is 0.243 e. The van der Waals surface area contributed by atoms with Gasteiger partial charge in [0.25, 0.3) is 0 Å². The van der Waals surface area contributed by atoms with Gasteiger partial charge in [0.05, 0.1) is 0 Å². The predicted molar refractivity (Wildman–Crippen MR) is 93.6 cm³/mol. The van der Waals surface area contributed by atoms with Crippen LogP contribution in [0, 0.1) is 0 Å². The van der Waals surface area contributed by atoms with E-state index in [0.29, 0.717) is 30.8 Å². The number of carbonyl (C=O) groups is 2. The quantitative estimate of drug-likeness (QED) is 0.280. The Bertz CT molecular complexity index is 651. The molecule has 0 bridgehead atoms. The lowest BCUT2D eigenvalue weighted by Crippen LogP contribution is -2.33. The number of fused-ring (bicyclic) bond motifs is 1. The van der Waals surface area contributed by atoms with Crippen LogP contribution in [0.5, 0.6) is 11.5 Å². The van der Waals surface area contributed by atoms with Crippen LogP contribution in [0.15, 0.2) is 22.8 Å². The van der Waals surface area contributed by atoms with Gasteiger partial charge in [-0.25, -0.2) is 5.48 Å². The number of carbonyl (C=O) groups excluding carboxylic acids is 2. The highest BCUT2D eigenvalue weighted by Crippen LogP contribution is 2.37. The van der Waals surface area contributed by atoms with Crippen molar-refractivity contribution in [2.24, 2.45) is 0 Å². The summed E-state index contributed by atoms with van der Waals surface area (Å²) in [5, 5.41) is 8.35. The molecule has 25 heavy (non-hydrogen) atoms. The first-order valence-electron chi connectivity index (χ1n) is 7.83. The molecule has 1 aliphatic rings. The molecule has 0 atom stereocenters. The predicted octanol–water partition coefficient (Wildman–Crippen LogP) is 2.23. The number of benzene rings is 1. The molecule has 1 aromatic rings. The van der Waals surface area contributed by atoms with Crippen LogP contribution in [-0.4, -0.2) is 23.8 Å². The Morgan fingerprint density at radius 3 is 2.52 bits per heavy atom. The second-order valence-corrected chi connectivity index (χ2v) is 6.20. The monoisotopic (exact) mass is 413 g/mol. The summed E-state index contributed by atoms with van der Waals surface area (Å²) in [5.41, 5.74) is 7.75. The molecule has 9 heteroatoms. The van der Waals surface area contributed by atoms with Gasteiger partial charge in [-0.1, -0.05) is 22.4 Å². The second kappa shape index (κ2) is 9.90. The molecule has 136 valence electrons. The molecule has 1 aliphatic heterocycles. The lowest BCUT2D eigenvalue weighted by Gasteiger charge is -2.05. The van der Waals surface area contributed by atoms with Gasteiger partial charge in [-0.05, 0) is 36.6 Å². The zero-order valence-electron chi connectivity index (χ0n) is 13.5. The average Bonchev–Trinajstić information content (AvgIpc) is 3.05. The van der Waals surface area contributed by atoms with Gasteiger partial charge in [0, 0.05) is 23.5 Å². The first-order chi connectivity index (χ1) is 12.1. The Labute approximate surface area is 153 Å². The van der Waals surface area contributed by atoms with E-state index >= 15 is 0 Å². The topological polar surface area (TPSA) is 109 Å². The number of hydrogen-bond acceptors (Lipinski definition) is 6. The lowest BCUT2D eigenvalue weighted by atomic mass is 10.1. The van der Waals surface area contributed by atoms with E-state index in [1.165, 1.54) is 0 Å². The highest BCUT2D eigenvalue weighted by molar-refractivity contribution is 9.10. The van der Waals surface area contributed by atoms with Crippen LogP contribution < -0.4 is 25.8 Å². The molecular weight excluding hydrogens is 394 g/mol. The third-order valence-electron chi connectivity index (χ3n) is 3.48. The molecule has 0 saturated heterocycles. The van der Waals surface area contributed by atoms with E-state index in [2.05, 4.69) is 26.8 Å². The molecule has 0 aromatic heterocycles. The summed E-state index contributed by atoms with van der Waals surface area (Å²) in [7, 11) is 0. The summed E-state index contributed by atoms with van der Waals surface area (Å²) in [6, 6.07) is 3.67. The summed E-state index contributed by atoms with van der Waals surface area (Å²) in [6.45, 7) is 0.216. The number of unbranched alkanes of at least 4 members (excludes halogenated alkanes) is 2. The van der Waals surface area contributed by atoms with Gasteiger partial charge in [-0.15, -0.1) is 0 Å². The van der Waals surface area contributed by atoms with Crippen LogP contribution >= 0.6 is 15.9 Å². The van der Waals surface area contributed by atoms with Crippen molar-refractivity contribution in [2.45, 2.75) is 32.1 Å². The molecule has 0 spiro atoms. The molecule has 2 rings (SSSR count). The first kappa shape index (κ1) is 19.1. The number of ether oxygens (including phenoxy) is 2. The number of nitrogens with one attached hydrogen (secondary N) is 3. The van der Waals surface area contributed by atoms with Gasteiger partial charge >= 0.3 is 0 Å². The standard InChI is InChI=1S/C16H20BrN3O5/c17-12-9-14-13(24-10-25-14)8-11(12)6-7-18-19-15(21)4-2-1-3-5-16(22)20-23/h6-9,18,23H,1-5,10H2,(H,19,21)(H,20,22)/b7-6+. The summed E-state index contributed by atoms with van der Waals surface area (Å²) in [6.07, 6.45) is 6.06. The third kappa shape index (κ3) is 6.28. The number of halogens is 1. The molecule has 4 N–H and O–H groups in total. The van der Waals surface area contributed by atoms with Crippen molar-refractivity contribution in [1.82, 2.24) is 16.3 Å². The summed E-state index contributed by atoms with van der Waals surface area (Å²) in [5.74, 6) is 0.829. The van der Waals surface area contributed by atoms with E-state index in [-0.39, 0.29) is 19.1 Å². The van der Waals surface area contributed by atoms with Gasteiger partial charge < -0.3 is 14.9 Å². The van der Waals surface area contributed by atoms with E-state index in [0.717, 1.165) is 16.5 Å². The van der Waals surface area contributed by atoms with Gasteiger partial charge in [0.2, 0.25) is 18.6 Å². The molecule has 0 radical (unpaired) electrons. The largest absolute Gasteiger partial charge is 0.454 e. The van der Waals surface area contributed by atoms with Crippen LogP contribution in [0.3, 0.4) is 0 Å². The zero-order chi connectivity index (χ0) is 18.1. The van der Waals surface area contributed by atoms with Crippen LogP contribution in [-0.2, 0) is 9.59 Å². The summed E-state index contributed by atoms with van der Waals surface area (Å²) in [4.78, 5) is 22.5. The normalized spacial score (nSPS) is 12.2. The number of hydroxylamine groups is 1. The van der Waals surface area contributed by atoms with E-state index < -0.39 is 5.91 Å². The Morgan fingerprint density at radius 2 is 1.80 bits per heavy atom. The van der Waals surface area contributed by atoms with Gasteiger partial charge in [0.15, 0.2) is 11.5 Å². The van der Waals surface area contributed by atoms with E-state index in [9.17, 15) is 9.59 Å². The van der Waals surface area contributed by atoms with Crippen molar-refractivity contribution in [3.8, 4) is 11.5 Å². The highest BCUT2D eigenvalue weighted by Gasteiger charge is 2.15. The fraction of sp³-hybridized carbons (Fsp3) is 0.375. The van der Waals surface area contributed by atoms with Gasteiger partial charge in [-0.3, -0.25) is 20.2 Å². The maximum atomic E-state index is 11.7. The molecule has 1 heterocycles. The van der Waals surface area contributed by atoms with Crippen LogP contribution in [0.2, 0.25) is 0 Å². The van der Waals surface area contributed by atoms with Crippen molar-refractivity contribution in [1.29, 1.82) is 0 Å². The minimum Gasteiger partial charge on any atom is -0.454 e. The fourth-order valence-electron chi connectivity index (χ4n) is 2.18. The van der Waals surface area contributed by atoms with Crippen LogP contribution in [0.4, 0.5) is 0 Å². The minimum atomic E-state index is -0.411. The summed E-state index contributed by atoms with van der Waals surface area (Å²) >= 11 is 3.45. The van der Waals surface area contributed by atoms with Crippen molar-refractivity contribution in [2.75, 3.05) is 6.79 Å². The summed E-state index contributed by atoms with van der Waals surface area (Å²) < 4.78 is 11.5. The zero-order valence-corrected chi connectivity index (χ0v) is 15.1. The molecule has 1 aromatic carbocycles. The molecule has 0 unspecified atom stereocenters. The number of rotatable bonds is 9. The third-order valence-corrected chi connectivity index (χ3v) is 4.17. The minimum absolute atomic E-state index is 0.138. The van der Waals surface area contributed by atoms with E-state index in [1.54, 1.807) is 17.8 Å². The van der Waals surface area contributed by atoms with Crippen LogP contribution in [0.25, 0.3) is 6.08 Å². The average molecular weight is 414 g/mol. The van der Waals surface area contributed by atoms with Crippen molar-refractivity contribution in [3.05, 3.63) is 28.4 Å². The maximum absolute atomic E-state index is 11.7. The van der Waals surface area contributed by atoms with E-state index in [4.69, 9.17) is 14.7 Å². The number of hydrogen-bond donors (Lipinski definition) is 4. The van der Waals surface area contributed by atoms with Crippen LogP contribution in [0.1, 0.15) is 37.7 Å². The fourth-order valence-corrected chi connectivity index (χ4v) is 2.64. The highest BCUT2D eigenvalue weighted by atomic mass is 79.9. The number of hydrazine groups is 1. The molecule has 0 aliphatic carbocycles. The molecular formula is C16H20BrN3O5. The Morgan fingerprint density at radius 1 is 1.12 bits per heavy atom. The first-order valence-corrected chi connectivity index (χ1v) is 8.62. The Hall–Kier alpha value is -2.26. The lowest BCUT2D eigenvalue weighted by molar-refractivity contribution is -0.129. The molecule has 8 nitrogen and oxygen atoms in total. The Kier molecular flexibility index (Phi) is 7.55. The molecule has 0 saturated carbocycles. The van der Waals surface area contributed by atoms with E-state index in [1.807, 2.05) is 12.1 Å². The SMILES string of the molecule is O=C(CCCCCC(=O)NN/C=C/c1cc2c(cc1Br)OCO2)NO. The molecule has 2 amide bonds. The van der Waals surface area contributed by atoms with Gasteiger partial charge in [0.1, 0.15) is 0 Å². The molecule has 0 fully saturated rings. The Balaban J connectivity index is 1.64. The number of amides is 2. The van der Waals surface area contributed by atoms with Crippen molar-refractivity contribution >= 4 is 33.8 Å². The van der Waals surface area contributed by atoms with Crippen molar-refractivity contribution < 1.29 is 24.3 Å². The second-order valence-electron chi connectivity index (χ2n) is 5.35. The van der Waals surface area contributed by atoms with Crippen molar-refractivity contribution in [3.63, 3.8) is 0 Å². The van der Waals surface area contributed by atoms with Gasteiger partial charge in [-0.2, -0.15) is 0 Å².